The number of piperidine rings is 1. The average Bonchev–Trinajstić information content (AvgIpc) is 3.18. The number of carbonyl (C=O) groups excluding carboxylic acids is 2. The number of benzene rings is 1. The van der Waals surface area contributed by atoms with Crippen molar-refractivity contribution in [1.82, 2.24) is 25.2 Å². The van der Waals surface area contributed by atoms with E-state index in [0.717, 1.165) is 42.9 Å². The molecule has 2 N–H and O–H groups in total. The van der Waals surface area contributed by atoms with Crippen molar-refractivity contribution in [3.05, 3.63) is 50.8 Å². The zero-order valence-electron chi connectivity index (χ0n) is 24.5. The molecule has 0 bridgehead atoms. The average molecular weight is 588 g/mol. The molecule has 10 heteroatoms. The van der Waals surface area contributed by atoms with Crippen LogP contribution in [0.1, 0.15) is 81.7 Å². The summed E-state index contributed by atoms with van der Waals surface area (Å²) in [5.74, 6) is 1.86. The molecule has 40 heavy (non-hydrogen) atoms. The number of carbonyl (C=O) groups is 2. The summed E-state index contributed by atoms with van der Waals surface area (Å²) in [6, 6.07) is 5.48. The van der Waals surface area contributed by atoms with Crippen LogP contribution in [0.25, 0.3) is 11.2 Å². The molecule has 0 unspecified atom stereocenters. The first kappa shape index (κ1) is 30.1. The number of nitrogens with one attached hydrogen (secondary N) is 2. The number of hydrogen-bond donors (Lipinski definition) is 2. The van der Waals surface area contributed by atoms with Gasteiger partial charge in [-0.2, -0.15) is 0 Å². The molecule has 0 spiro atoms. The fourth-order valence-corrected chi connectivity index (χ4v) is 5.39. The molecule has 2 aromatic heterocycles. The van der Waals surface area contributed by atoms with Crippen molar-refractivity contribution in [1.29, 1.82) is 0 Å². The van der Waals surface area contributed by atoms with Crippen LogP contribution in [0.15, 0.2) is 18.2 Å². The van der Waals surface area contributed by atoms with Gasteiger partial charge in [-0.3, -0.25) is 9.59 Å². The van der Waals surface area contributed by atoms with Gasteiger partial charge >= 0.3 is 0 Å². The number of rotatable bonds is 7. The molecule has 2 amide bonds. The lowest BCUT2D eigenvalue weighted by atomic mass is 9.95. The Morgan fingerprint density at radius 2 is 1.80 bits per heavy atom. The zero-order valence-corrected chi connectivity index (χ0v) is 26.0. The molecule has 1 aromatic carbocycles. The van der Waals surface area contributed by atoms with E-state index in [-0.39, 0.29) is 17.9 Å². The van der Waals surface area contributed by atoms with Crippen LogP contribution >= 0.6 is 23.2 Å². The predicted octanol–water partition coefficient (Wildman–Crippen LogP) is 5.90. The monoisotopic (exact) mass is 586 g/mol. The Labute approximate surface area is 246 Å². The quantitative estimate of drug-likeness (QED) is 0.359. The summed E-state index contributed by atoms with van der Waals surface area (Å²) in [5, 5.41) is 7.00. The number of aryl methyl sites for hydroxylation is 1. The maximum Gasteiger partial charge on any atom is 0.255 e. The maximum absolute atomic E-state index is 13.2. The first-order chi connectivity index (χ1) is 18.8. The van der Waals surface area contributed by atoms with Crippen molar-refractivity contribution < 1.29 is 9.59 Å². The number of nitrogens with zero attached hydrogens (tertiary/aromatic N) is 4. The molecule has 0 radical (unpaired) electrons. The molecule has 1 aliphatic rings. The minimum atomic E-state index is -0.502. The van der Waals surface area contributed by atoms with Gasteiger partial charge in [-0.15, -0.1) is 0 Å². The second-order valence-corrected chi connectivity index (χ2v) is 13.0. The predicted molar refractivity (Wildman–Crippen MR) is 162 cm³/mol. The smallest absolute Gasteiger partial charge is 0.255 e. The fourth-order valence-electron chi connectivity index (χ4n) is 4.82. The number of aromatic nitrogens is 3. The van der Waals surface area contributed by atoms with Crippen molar-refractivity contribution in [3.8, 4) is 0 Å². The number of imidazole rings is 1. The van der Waals surface area contributed by atoms with E-state index in [9.17, 15) is 9.59 Å². The van der Waals surface area contributed by atoms with Gasteiger partial charge in [0.15, 0.2) is 5.65 Å². The van der Waals surface area contributed by atoms with E-state index in [0.29, 0.717) is 51.5 Å². The highest BCUT2D eigenvalue weighted by molar-refractivity contribution is 6.36. The van der Waals surface area contributed by atoms with E-state index in [1.54, 1.807) is 6.07 Å². The Kier molecular flexibility index (Phi) is 9.00. The van der Waals surface area contributed by atoms with E-state index >= 15 is 0 Å². The van der Waals surface area contributed by atoms with Crippen LogP contribution in [0.4, 0.5) is 5.82 Å². The van der Waals surface area contributed by atoms with Crippen LogP contribution in [0.5, 0.6) is 0 Å². The van der Waals surface area contributed by atoms with Gasteiger partial charge in [0.1, 0.15) is 17.2 Å². The lowest BCUT2D eigenvalue weighted by Gasteiger charge is -2.32. The van der Waals surface area contributed by atoms with E-state index in [4.69, 9.17) is 33.2 Å². The number of amides is 2. The van der Waals surface area contributed by atoms with E-state index < -0.39 is 5.41 Å². The molecule has 1 fully saturated rings. The molecule has 4 rings (SSSR count). The van der Waals surface area contributed by atoms with Crippen LogP contribution in [0.3, 0.4) is 0 Å². The standard InChI is InChI=1S/C30H40Cl2N6O2/c1-17(2)34-28(39)21-14-23-27(36-26(21)38-12-10-18(3)11-13-38)37(7)24(35-23)15-20-22(31)9-8-19(25(20)32)16-33-29(40)30(4,5)6/h8-9,14,17-18H,10-13,15-16H2,1-7H3,(H,33,40)(H,34,39). The summed E-state index contributed by atoms with van der Waals surface area (Å²) < 4.78 is 1.94. The largest absolute Gasteiger partial charge is 0.356 e. The molecule has 216 valence electrons. The van der Waals surface area contributed by atoms with Gasteiger partial charge in [0.2, 0.25) is 5.91 Å². The summed E-state index contributed by atoms with van der Waals surface area (Å²) >= 11 is 13.4. The van der Waals surface area contributed by atoms with Gasteiger partial charge in [-0.25, -0.2) is 9.97 Å². The van der Waals surface area contributed by atoms with Gasteiger partial charge in [0, 0.05) is 49.6 Å². The maximum atomic E-state index is 13.2. The lowest BCUT2D eigenvalue weighted by molar-refractivity contribution is -0.128. The summed E-state index contributed by atoms with van der Waals surface area (Å²) in [5.41, 5.74) is 2.88. The zero-order chi connectivity index (χ0) is 29.4. The van der Waals surface area contributed by atoms with Crippen molar-refractivity contribution in [3.63, 3.8) is 0 Å². The number of halogens is 2. The van der Waals surface area contributed by atoms with Crippen LogP contribution in [0.2, 0.25) is 10.0 Å². The highest BCUT2D eigenvalue weighted by atomic mass is 35.5. The first-order valence-electron chi connectivity index (χ1n) is 13.9. The van der Waals surface area contributed by atoms with Crippen molar-refractivity contribution in [2.75, 3.05) is 18.0 Å². The molecular weight excluding hydrogens is 547 g/mol. The second-order valence-electron chi connectivity index (χ2n) is 12.2. The summed E-state index contributed by atoms with van der Waals surface area (Å²) in [6.45, 7) is 13.8. The first-order valence-corrected chi connectivity index (χ1v) is 14.7. The molecule has 8 nitrogen and oxygen atoms in total. The highest BCUT2D eigenvalue weighted by Gasteiger charge is 2.26. The Bertz CT molecular complexity index is 1420. The third kappa shape index (κ3) is 6.55. The van der Waals surface area contributed by atoms with Gasteiger partial charge in [-0.1, -0.05) is 57.0 Å². The third-order valence-corrected chi connectivity index (χ3v) is 8.21. The molecule has 0 atom stereocenters. The molecule has 1 saturated heterocycles. The summed E-state index contributed by atoms with van der Waals surface area (Å²) in [6.07, 6.45) is 2.49. The van der Waals surface area contributed by atoms with Gasteiger partial charge in [0.25, 0.3) is 5.91 Å². The molecular formula is C30H40Cl2N6O2. The number of pyridine rings is 1. The van der Waals surface area contributed by atoms with Gasteiger partial charge in [-0.05, 0) is 55.9 Å². The normalized spacial score (nSPS) is 14.7. The molecule has 0 saturated carbocycles. The molecule has 0 aliphatic carbocycles. The fraction of sp³-hybridized carbons (Fsp3) is 0.533. The van der Waals surface area contributed by atoms with Crippen LogP contribution < -0.4 is 15.5 Å². The molecule has 3 aromatic rings. The summed E-state index contributed by atoms with van der Waals surface area (Å²) in [7, 11) is 1.92. The van der Waals surface area contributed by atoms with E-state index in [1.807, 2.05) is 58.4 Å². The van der Waals surface area contributed by atoms with Gasteiger partial charge < -0.3 is 20.1 Å². The topological polar surface area (TPSA) is 92.2 Å². The molecule has 3 heterocycles. The Hall–Kier alpha value is -2.84. The summed E-state index contributed by atoms with van der Waals surface area (Å²) in [4.78, 5) is 37.7. The minimum Gasteiger partial charge on any atom is -0.356 e. The minimum absolute atomic E-state index is 0.00135. The van der Waals surface area contributed by atoms with Crippen molar-refractivity contribution >= 4 is 52.0 Å². The van der Waals surface area contributed by atoms with Gasteiger partial charge in [0.05, 0.1) is 10.6 Å². The molecule has 1 aliphatic heterocycles. The lowest BCUT2D eigenvalue weighted by Crippen LogP contribution is -2.37. The Morgan fingerprint density at radius 3 is 2.42 bits per heavy atom. The Morgan fingerprint density at radius 1 is 1.12 bits per heavy atom. The van der Waals surface area contributed by atoms with Crippen molar-refractivity contribution in [2.24, 2.45) is 18.4 Å². The Balaban J connectivity index is 1.70. The highest BCUT2D eigenvalue weighted by Crippen LogP contribution is 2.32. The van der Waals surface area contributed by atoms with Crippen molar-refractivity contribution in [2.45, 2.75) is 73.4 Å². The van der Waals surface area contributed by atoms with E-state index in [1.165, 1.54) is 0 Å². The van der Waals surface area contributed by atoms with E-state index in [2.05, 4.69) is 22.5 Å². The SMILES string of the molecule is CC1CCN(c2nc3c(cc2C(=O)NC(C)C)nc(Cc2c(Cl)ccc(CNC(=O)C(C)(C)C)c2Cl)n3C)CC1. The number of anilines is 1. The third-order valence-electron chi connectivity index (χ3n) is 7.39. The van der Waals surface area contributed by atoms with Crippen LogP contribution in [0, 0.1) is 11.3 Å². The number of hydrogen-bond acceptors (Lipinski definition) is 5. The van der Waals surface area contributed by atoms with Crippen LogP contribution in [-0.4, -0.2) is 45.5 Å². The van der Waals surface area contributed by atoms with Crippen LogP contribution in [-0.2, 0) is 24.8 Å². The number of fused-ring (bicyclic) bond motifs is 1. The second kappa shape index (κ2) is 12.0.